The number of benzene rings is 1. The van der Waals surface area contributed by atoms with E-state index in [-0.39, 0.29) is 6.61 Å². The van der Waals surface area contributed by atoms with Crippen molar-refractivity contribution in [3.63, 3.8) is 0 Å². The van der Waals surface area contributed by atoms with E-state index in [4.69, 9.17) is 16.3 Å². The molecule has 1 aromatic rings. The maximum Gasteiger partial charge on any atom is 0.408 e. The molecular weight excluding hydrogens is 230 g/mol. The third-order valence-corrected chi connectivity index (χ3v) is 2.21. The Morgan fingerprint density at radius 2 is 2.00 bits per heavy atom. The van der Waals surface area contributed by atoms with Crippen LogP contribution in [-0.4, -0.2) is 17.4 Å². The van der Waals surface area contributed by atoms with Crippen LogP contribution < -0.4 is 5.32 Å². The monoisotopic (exact) mass is 241 g/mol. The standard InChI is InChI=1S/C11H12ClNO3/c1-8(10(12)14)13-11(15)16-7-9-5-3-2-4-6-9/h2-6,8H,7H2,1H3,(H,13,15). The Morgan fingerprint density at radius 1 is 1.38 bits per heavy atom. The van der Waals surface area contributed by atoms with Crippen molar-refractivity contribution in [3.8, 4) is 0 Å². The van der Waals surface area contributed by atoms with Crippen LogP contribution in [0.1, 0.15) is 12.5 Å². The first-order valence-corrected chi connectivity index (χ1v) is 5.14. The van der Waals surface area contributed by atoms with Gasteiger partial charge in [-0.15, -0.1) is 0 Å². The van der Waals surface area contributed by atoms with Gasteiger partial charge in [0.05, 0.1) is 0 Å². The normalized spacial score (nSPS) is 11.6. The molecule has 0 saturated heterocycles. The van der Waals surface area contributed by atoms with Crippen LogP contribution in [0.3, 0.4) is 0 Å². The van der Waals surface area contributed by atoms with E-state index in [9.17, 15) is 9.59 Å². The summed E-state index contributed by atoms with van der Waals surface area (Å²) >= 11 is 5.18. The van der Waals surface area contributed by atoms with E-state index in [1.165, 1.54) is 6.92 Å². The molecule has 0 bridgehead atoms. The number of hydrogen-bond donors (Lipinski definition) is 1. The van der Waals surface area contributed by atoms with Crippen LogP contribution in [0, 0.1) is 0 Å². The van der Waals surface area contributed by atoms with Crippen molar-refractivity contribution in [2.45, 2.75) is 19.6 Å². The first-order valence-electron chi connectivity index (χ1n) is 4.76. The van der Waals surface area contributed by atoms with E-state index in [0.717, 1.165) is 5.56 Å². The third-order valence-electron chi connectivity index (χ3n) is 1.89. The molecule has 0 aliphatic heterocycles. The van der Waals surface area contributed by atoms with Crippen molar-refractivity contribution in [3.05, 3.63) is 35.9 Å². The van der Waals surface area contributed by atoms with Crippen LogP contribution in [0.5, 0.6) is 0 Å². The SMILES string of the molecule is CC(NC(=O)OCc1ccccc1)C(=O)Cl. The highest BCUT2D eigenvalue weighted by atomic mass is 35.5. The smallest absolute Gasteiger partial charge is 0.408 e. The maximum atomic E-state index is 11.2. The summed E-state index contributed by atoms with van der Waals surface area (Å²) in [5.41, 5.74) is 0.877. The van der Waals surface area contributed by atoms with Gasteiger partial charge >= 0.3 is 6.09 Å². The summed E-state index contributed by atoms with van der Waals surface area (Å²) in [7, 11) is 0. The number of ether oxygens (including phenoxy) is 1. The summed E-state index contributed by atoms with van der Waals surface area (Å²) in [5, 5.41) is 1.68. The van der Waals surface area contributed by atoms with Crippen molar-refractivity contribution >= 4 is 22.9 Å². The molecule has 1 amide bonds. The number of alkyl carbamates (subject to hydrolysis) is 1. The Bertz CT molecular complexity index is 367. The van der Waals surface area contributed by atoms with Crippen molar-refractivity contribution < 1.29 is 14.3 Å². The highest BCUT2D eigenvalue weighted by Gasteiger charge is 2.13. The van der Waals surface area contributed by atoms with Gasteiger partial charge in [-0.2, -0.15) is 0 Å². The lowest BCUT2D eigenvalue weighted by Gasteiger charge is -2.09. The number of amides is 1. The molecule has 0 radical (unpaired) electrons. The van der Waals surface area contributed by atoms with E-state index < -0.39 is 17.4 Å². The molecule has 0 heterocycles. The molecule has 4 nitrogen and oxygen atoms in total. The van der Waals surface area contributed by atoms with E-state index in [0.29, 0.717) is 0 Å². The quantitative estimate of drug-likeness (QED) is 0.821. The first-order chi connectivity index (χ1) is 7.59. The van der Waals surface area contributed by atoms with E-state index >= 15 is 0 Å². The van der Waals surface area contributed by atoms with Gasteiger partial charge in [0, 0.05) is 0 Å². The minimum absolute atomic E-state index is 0.163. The summed E-state index contributed by atoms with van der Waals surface area (Å²) in [6.07, 6.45) is -0.662. The molecule has 16 heavy (non-hydrogen) atoms. The highest BCUT2D eigenvalue weighted by molar-refractivity contribution is 6.64. The van der Waals surface area contributed by atoms with Gasteiger partial charge in [-0.05, 0) is 24.1 Å². The number of nitrogens with one attached hydrogen (secondary N) is 1. The lowest BCUT2D eigenvalue weighted by molar-refractivity contribution is -0.113. The van der Waals surface area contributed by atoms with Gasteiger partial charge in [-0.3, -0.25) is 4.79 Å². The van der Waals surface area contributed by atoms with Crippen LogP contribution in [0.25, 0.3) is 0 Å². The maximum absolute atomic E-state index is 11.2. The van der Waals surface area contributed by atoms with Gasteiger partial charge < -0.3 is 10.1 Å². The Hall–Kier alpha value is -1.55. The first kappa shape index (κ1) is 12.5. The number of rotatable bonds is 4. The van der Waals surface area contributed by atoms with Crippen molar-refractivity contribution in [1.82, 2.24) is 5.32 Å². The minimum atomic E-state index is -0.745. The third kappa shape index (κ3) is 4.31. The van der Waals surface area contributed by atoms with E-state index in [1.807, 2.05) is 30.3 Å². The van der Waals surface area contributed by atoms with Gasteiger partial charge in [-0.25, -0.2) is 4.79 Å². The Morgan fingerprint density at radius 3 is 2.56 bits per heavy atom. The fraction of sp³-hybridized carbons (Fsp3) is 0.273. The molecule has 0 aliphatic rings. The molecule has 0 fully saturated rings. The number of halogens is 1. The van der Waals surface area contributed by atoms with Gasteiger partial charge in [0.15, 0.2) is 0 Å². The molecule has 1 aromatic carbocycles. The molecule has 1 atom stereocenters. The highest BCUT2D eigenvalue weighted by Crippen LogP contribution is 2.01. The second-order valence-electron chi connectivity index (χ2n) is 3.23. The Labute approximate surface area is 98.5 Å². The summed E-state index contributed by atoms with van der Waals surface area (Å²) in [4.78, 5) is 21.8. The molecule has 1 N–H and O–H groups in total. The minimum Gasteiger partial charge on any atom is -0.445 e. The largest absolute Gasteiger partial charge is 0.445 e. The van der Waals surface area contributed by atoms with Crippen LogP contribution in [0.4, 0.5) is 4.79 Å². The number of hydrogen-bond acceptors (Lipinski definition) is 3. The molecular formula is C11H12ClNO3. The lowest BCUT2D eigenvalue weighted by atomic mass is 10.2. The zero-order valence-electron chi connectivity index (χ0n) is 8.77. The molecule has 86 valence electrons. The zero-order valence-corrected chi connectivity index (χ0v) is 9.53. The molecule has 1 rings (SSSR count). The van der Waals surface area contributed by atoms with Crippen LogP contribution >= 0.6 is 11.6 Å². The van der Waals surface area contributed by atoms with Crippen molar-refractivity contribution in [2.24, 2.45) is 0 Å². The van der Waals surface area contributed by atoms with Gasteiger partial charge in [0.2, 0.25) is 5.24 Å². The molecule has 1 unspecified atom stereocenters. The average Bonchev–Trinajstić information content (AvgIpc) is 2.27. The number of carbonyl (C=O) groups excluding carboxylic acids is 2. The van der Waals surface area contributed by atoms with E-state index in [1.54, 1.807) is 0 Å². The molecule has 0 aromatic heterocycles. The summed E-state index contributed by atoms with van der Waals surface area (Å²) < 4.78 is 4.89. The molecule has 5 heteroatoms. The average molecular weight is 242 g/mol. The molecule has 0 aliphatic carbocycles. The fourth-order valence-corrected chi connectivity index (χ4v) is 1.05. The van der Waals surface area contributed by atoms with Crippen LogP contribution in [0.2, 0.25) is 0 Å². The van der Waals surface area contributed by atoms with Gasteiger partial charge in [0.25, 0.3) is 0 Å². The van der Waals surface area contributed by atoms with Crippen LogP contribution in [-0.2, 0) is 16.1 Å². The number of carbonyl (C=O) groups is 2. The lowest BCUT2D eigenvalue weighted by Crippen LogP contribution is -2.36. The predicted molar refractivity (Wildman–Crippen MR) is 60.1 cm³/mol. The zero-order chi connectivity index (χ0) is 12.0. The van der Waals surface area contributed by atoms with E-state index in [2.05, 4.69) is 5.32 Å². The van der Waals surface area contributed by atoms with Gasteiger partial charge in [0.1, 0.15) is 12.6 Å². The molecule has 0 saturated carbocycles. The summed E-state index contributed by atoms with van der Waals surface area (Å²) in [5.74, 6) is 0. The fourth-order valence-electron chi connectivity index (χ4n) is 0.998. The van der Waals surface area contributed by atoms with Crippen LogP contribution in [0.15, 0.2) is 30.3 Å². The van der Waals surface area contributed by atoms with Crippen molar-refractivity contribution in [1.29, 1.82) is 0 Å². The summed E-state index contributed by atoms with van der Waals surface area (Å²) in [6.45, 7) is 1.65. The predicted octanol–water partition coefficient (Wildman–Crippen LogP) is 2.07. The van der Waals surface area contributed by atoms with Crippen molar-refractivity contribution in [2.75, 3.05) is 0 Å². The Balaban J connectivity index is 2.33. The topological polar surface area (TPSA) is 55.4 Å². The Kier molecular flexibility index (Phi) is 4.79. The second kappa shape index (κ2) is 6.12. The molecule has 0 spiro atoms. The summed E-state index contributed by atoms with van der Waals surface area (Å²) in [6, 6.07) is 8.50. The van der Waals surface area contributed by atoms with Gasteiger partial charge in [-0.1, -0.05) is 30.3 Å². The second-order valence-corrected chi connectivity index (χ2v) is 3.60.